The van der Waals surface area contributed by atoms with Crippen LogP contribution in [-0.2, 0) is 0 Å². The van der Waals surface area contributed by atoms with E-state index in [2.05, 4.69) is 25.1 Å². The zero-order valence-corrected chi connectivity index (χ0v) is 8.56. The highest BCUT2D eigenvalue weighted by molar-refractivity contribution is 4.96. The summed E-state index contributed by atoms with van der Waals surface area (Å²) in [6.07, 6.45) is 10.2. The van der Waals surface area contributed by atoms with Crippen molar-refractivity contribution in [3.8, 4) is 12.3 Å². The molecule has 0 fully saturated rings. The second-order valence-electron chi connectivity index (χ2n) is 3.33. The number of terminal acetylenes is 1. The van der Waals surface area contributed by atoms with Crippen molar-refractivity contribution < 1.29 is 0 Å². The van der Waals surface area contributed by atoms with Gasteiger partial charge < -0.3 is 5.32 Å². The van der Waals surface area contributed by atoms with Crippen LogP contribution >= 0.6 is 0 Å². The first kappa shape index (κ1) is 11.5. The molecule has 1 heteroatoms. The summed E-state index contributed by atoms with van der Waals surface area (Å²) in [6, 6.07) is 0.833. The lowest BCUT2D eigenvalue weighted by Gasteiger charge is -2.19. The van der Waals surface area contributed by atoms with Gasteiger partial charge in [0, 0.05) is 6.04 Å². The Morgan fingerprint density at radius 1 is 1.25 bits per heavy atom. The Morgan fingerprint density at radius 2 is 1.75 bits per heavy atom. The molecule has 1 N–H and O–H groups in total. The van der Waals surface area contributed by atoms with E-state index >= 15 is 0 Å². The van der Waals surface area contributed by atoms with Crippen LogP contribution in [0.15, 0.2) is 0 Å². The molecule has 0 aliphatic rings. The number of rotatable bonds is 6. The zero-order chi connectivity index (χ0) is 9.40. The third-order valence-corrected chi connectivity index (χ3v) is 2.01. The van der Waals surface area contributed by atoms with Crippen molar-refractivity contribution in [2.45, 2.75) is 58.5 Å². The number of nitrogens with one attached hydrogen (secondary N) is 1. The maximum atomic E-state index is 5.30. The normalized spacial score (nSPS) is 12.9. The van der Waals surface area contributed by atoms with Crippen LogP contribution in [0.25, 0.3) is 0 Å². The van der Waals surface area contributed by atoms with Crippen molar-refractivity contribution in [3.05, 3.63) is 0 Å². The smallest absolute Gasteiger partial charge is 0.0660 e. The van der Waals surface area contributed by atoms with Crippen molar-refractivity contribution in [2.75, 3.05) is 0 Å². The lowest BCUT2D eigenvalue weighted by molar-refractivity contribution is 0.430. The van der Waals surface area contributed by atoms with Gasteiger partial charge in [-0.1, -0.05) is 32.6 Å². The molecular weight excluding hydrogens is 146 g/mol. The first-order valence-corrected chi connectivity index (χ1v) is 4.96. The van der Waals surface area contributed by atoms with E-state index in [1.807, 2.05) is 6.92 Å². The Hall–Kier alpha value is -0.480. The largest absolute Gasteiger partial charge is 0.301 e. The minimum Gasteiger partial charge on any atom is -0.301 e. The maximum Gasteiger partial charge on any atom is 0.0660 e. The van der Waals surface area contributed by atoms with Gasteiger partial charge in [0.1, 0.15) is 0 Å². The second-order valence-corrected chi connectivity index (χ2v) is 3.33. The summed E-state index contributed by atoms with van der Waals surface area (Å²) in [5.74, 6) is 2.70. The average molecular weight is 167 g/mol. The molecule has 0 aliphatic heterocycles. The van der Waals surface area contributed by atoms with Gasteiger partial charge in [0.05, 0.1) is 6.04 Å². The second kappa shape index (κ2) is 7.18. The van der Waals surface area contributed by atoms with E-state index in [1.54, 1.807) is 0 Å². The van der Waals surface area contributed by atoms with Gasteiger partial charge in [-0.2, -0.15) is 0 Å². The van der Waals surface area contributed by atoms with Crippen molar-refractivity contribution in [1.29, 1.82) is 0 Å². The molecule has 0 saturated carbocycles. The molecule has 0 bridgehead atoms. The van der Waals surface area contributed by atoms with Crippen LogP contribution in [-0.4, -0.2) is 12.1 Å². The van der Waals surface area contributed by atoms with Crippen LogP contribution in [0, 0.1) is 12.3 Å². The molecule has 0 amide bonds. The van der Waals surface area contributed by atoms with Crippen molar-refractivity contribution >= 4 is 0 Å². The summed E-state index contributed by atoms with van der Waals surface area (Å²) in [4.78, 5) is 0. The van der Waals surface area contributed by atoms with Crippen LogP contribution < -0.4 is 5.32 Å². The fourth-order valence-electron chi connectivity index (χ4n) is 1.41. The SMILES string of the molecule is C#CC(C)NC(CCC)CCC. The van der Waals surface area contributed by atoms with Crippen molar-refractivity contribution in [1.82, 2.24) is 5.32 Å². The van der Waals surface area contributed by atoms with Gasteiger partial charge in [-0.15, -0.1) is 6.42 Å². The minimum absolute atomic E-state index is 0.216. The lowest BCUT2D eigenvalue weighted by atomic mass is 10.1. The summed E-state index contributed by atoms with van der Waals surface area (Å²) >= 11 is 0. The van der Waals surface area contributed by atoms with Gasteiger partial charge in [-0.3, -0.25) is 0 Å². The maximum absolute atomic E-state index is 5.30. The zero-order valence-electron chi connectivity index (χ0n) is 8.56. The van der Waals surface area contributed by atoms with Gasteiger partial charge in [0.2, 0.25) is 0 Å². The summed E-state index contributed by atoms with van der Waals surface area (Å²) in [5.41, 5.74) is 0. The third-order valence-electron chi connectivity index (χ3n) is 2.01. The molecule has 1 nitrogen and oxygen atoms in total. The highest BCUT2D eigenvalue weighted by atomic mass is 14.9. The fraction of sp³-hybridized carbons (Fsp3) is 0.818. The Labute approximate surface area is 76.9 Å². The molecular formula is C11H21N. The predicted octanol–water partition coefficient (Wildman–Crippen LogP) is 2.57. The summed E-state index contributed by atoms with van der Waals surface area (Å²) in [6.45, 7) is 6.47. The van der Waals surface area contributed by atoms with Gasteiger partial charge in [-0.05, 0) is 19.8 Å². The molecule has 1 unspecified atom stereocenters. The minimum atomic E-state index is 0.216. The van der Waals surface area contributed by atoms with Crippen LogP contribution in [0.1, 0.15) is 46.5 Å². The quantitative estimate of drug-likeness (QED) is 0.599. The van der Waals surface area contributed by atoms with E-state index in [4.69, 9.17) is 6.42 Å². The molecule has 1 atom stereocenters. The highest BCUT2D eigenvalue weighted by Gasteiger charge is 2.07. The third kappa shape index (κ3) is 5.21. The monoisotopic (exact) mass is 167 g/mol. The van der Waals surface area contributed by atoms with Gasteiger partial charge >= 0.3 is 0 Å². The lowest BCUT2D eigenvalue weighted by Crippen LogP contribution is -2.35. The molecule has 12 heavy (non-hydrogen) atoms. The molecule has 0 spiro atoms. The molecule has 0 aliphatic carbocycles. The van der Waals surface area contributed by atoms with Crippen LogP contribution in [0.4, 0.5) is 0 Å². The summed E-state index contributed by atoms with van der Waals surface area (Å²) < 4.78 is 0. The average Bonchev–Trinajstić information content (AvgIpc) is 2.05. The predicted molar refractivity (Wildman–Crippen MR) is 55.0 cm³/mol. The molecule has 0 aromatic rings. The van der Waals surface area contributed by atoms with E-state index in [1.165, 1.54) is 25.7 Å². The van der Waals surface area contributed by atoms with Crippen molar-refractivity contribution in [3.63, 3.8) is 0 Å². The summed E-state index contributed by atoms with van der Waals surface area (Å²) in [5, 5.41) is 3.43. The summed E-state index contributed by atoms with van der Waals surface area (Å²) in [7, 11) is 0. The van der Waals surface area contributed by atoms with Gasteiger partial charge in [0.25, 0.3) is 0 Å². The Bertz CT molecular complexity index is 128. The van der Waals surface area contributed by atoms with Crippen molar-refractivity contribution in [2.24, 2.45) is 0 Å². The van der Waals surface area contributed by atoms with E-state index in [0.717, 1.165) is 0 Å². The van der Waals surface area contributed by atoms with E-state index in [-0.39, 0.29) is 6.04 Å². The van der Waals surface area contributed by atoms with Gasteiger partial charge in [0.15, 0.2) is 0 Å². The molecule has 0 radical (unpaired) electrons. The molecule has 0 aromatic carbocycles. The Kier molecular flexibility index (Phi) is 6.90. The molecule has 0 heterocycles. The van der Waals surface area contributed by atoms with E-state index < -0.39 is 0 Å². The first-order chi connectivity index (χ1) is 5.74. The van der Waals surface area contributed by atoms with Crippen LogP contribution in [0.5, 0.6) is 0 Å². The molecule has 0 rings (SSSR count). The van der Waals surface area contributed by atoms with Crippen LogP contribution in [0.2, 0.25) is 0 Å². The van der Waals surface area contributed by atoms with E-state index in [9.17, 15) is 0 Å². The fourth-order valence-corrected chi connectivity index (χ4v) is 1.41. The first-order valence-electron chi connectivity index (χ1n) is 4.96. The molecule has 70 valence electrons. The molecule has 0 saturated heterocycles. The van der Waals surface area contributed by atoms with Crippen LogP contribution in [0.3, 0.4) is 0 Å². The number of hydrogen-bond acceptors (Lipinski definition) is 1. The Balaban J connectivity index is 3.70. The number of hydrogen-bond donors (Lipinski definition) is 1. The topological polar surface area (TPSA) is 12.0 Å². The highest BCUT2D eigenvalue weighted by Crippen LogP contribution is 2.05. The van der Waals surface area contributed by atoms with Gasteiger partial charge in [-0.25, -0.2) is 0 Å². The standard InChI is InChI=1S/C11H21N/c1-5-8-11(9-6-2)12-10(4)7-3/h3,10-12H,5-6,8-9H2,1-2,4H3. The molecule has 0 aromatic heterocycles. The van der Waals surface area contributed by atoms with E-state index in [0.29, 0.717) is 6.04 Å². The Morgan fingerprint density at radius 3 is 2.08 bits per heavy atom.